The van der Waals surface area contributed by atoms with Crippen LogP contribution in [0.2, 0.25) is 0 Å². The molecule has 0 unspecified atom stereocenters. The summed E-state index contributed by atoms with van der Waals surface area (Å²) in [4.78, 5) is 15.6. The van der Waals surface area contributed by atoms with Crippen molar-refractivity contribution in [2.45, 2.75) is 69.0 Å². The molecule has 136 valence electrons. The van der Waals surface area contributed by atoms with Crippen molar-refractivity contribution in [1.82, 2.24) is 4.90 Å². The van der Waals surface area contributed by atoms with Crippen molar-refractivity contribution in [1.29, 1.82) is 0 Å². The number of aliphatic hydroxyl groups is 2. The minimum absolute atomic E-state index is 0.261. The third-order valence-electron chi connectivity index (χ3n) is 7.20. The van der Waals surface area contributed by atoms with Gasteiger partial charge in [0, 0.05) is 24.9 Å². The van der Waals surface area contributed by atoms with Gasteiger partial charge in [0.1, 0.15) is 0 Å². The van der Waals surface area contributed by atoms with E-state index < -0.39 is 12.2 Å². The lowest BCUT2D eigenvalue weighted by Gasteiger charge is -2.55. The molecule has 4 heteroatoms. The number of hydrogen-bond acceptors (Lipinski definition) is 3. The van der Waals surface area contributed by atoms with Crippen molar-refractivity contribution < 1.29 is 15.0 Å². The van der Waals surface area contributed by atoms with E-state index in [9.17, 15) is 15.0 Å². The van der Waals surface area contributed by atoms with E-state index in [1.807, 2.05) is 23.1 Å². The van der Waals surface area contributed by atoms with Gasteiger partial charge in [-0.25, -0.2) is 0 Å². The molecule has 1 aliphatic heterocycles. The molecule has 4 rings (SSSR count). The Morgan fingerprint density at radius 3 is 2.08 bits per heavy atom. The summed E-state index contributed by atoms with van der Waals surface area (Å²) in [6.07, 6.45) is 6.40. The molecule has 0 aromatic heterocycles. The molecule has 2 saturated carbocycles. The smallest absolute Gasteiger partial charge is 0.233 e. The zero-order valence-electron chi connectivity index (χ0n) is 14.9. The first-order valence-corrected chi connectivity index (χ1v) is 9.80. The third kappa shape index (κ3) is 2.61. The maximum absolute atomic E-state index is 13.6. The number of hydrogen-bond donors (Lipinski definition) is 2. The predicted octanol–water partition coefficient (Wildman–Crippen LogP) is 2.62. The highest BCUT2D eigenvalue weighted by atomic mass is 16.3. The van der Waals surface area contributed by atoms with Gasteiger partial charge in [0.25, 0.3) is 0 Å². The molecule has 4 nitrogen and oxygen atoms in total. The van der Waals surface area contributed by atoms with E-state index in [-0.39, 0.29) is 16.7 Å². The van der Waals surface area contributed by atoms with Crippen LogP contribution >= 0.6 is 0 Å². The van der Waals surface area contributed by atoms with Crippen LogP contribution in [0.15, 0.2) is 30.3 Å². The third-order valence-corrected chi connectivity index (χ3v) is 7.20. The Hall–Kier alpha value is -1.39. The highest BCUT2D eigenvalue weighted by Gasteiger charge is 2.56. The molecule has 2 atom stereocenters. The molecule has 1 spiro atoms. The van der Waals surface area contributed by atoms with Crippen LogP contribution in [0.4, 0.5) is 0 Å². The molecule has 3 aliphatic rings. The fourth-order valence-corrected chi connectivity index (χ4v) is 5.38. The molecular formula is C21H29NO3. The molecule has 2 N–H and O–H groups in total. The number of piperidine rings is 1. The Kier molecular flexibility index (Phi) is 4.37. The first-order chi connectivity index (χ1) is 12.1. The monoisotopic (exact) mass is 343 g/mol. The van der Waals surface area contributed by atoms with E-state index in [1.54, 1.807) is 0 Å². The van der Waals surface area contributed by atoms with E-state index in [2.05, 4.69) is 12.1 Å². The zero-order valence-corrected chi connectivity index (χ0v) is 14.9. The molecular weight excluding hydrogens is 314 g/mol. The second-order valence-corrected chi connectivity index (χ2v) is 8.30. The lowest BCUT2D eigenvalue weighted by atomic mass is 9.58. The van der Waals surface area contributed by atoms with E-state index in [0.29, 0.717) is 32.4 Å². The maximum atomic E-state index is 13.6. The van der Waals surface area contributed by atoms with Gasteiger partial charge in [-0.05, 0) is 31.2 Å². The van der Waals surface area contributed by atoms with E-state index in [1.165, 1.54) is 6.42 Å². The number of rotatable bonds is 2. The molecule has 0 bridgehead atoms. The summed E-state index contributed by atoms with van der Waals surface area (Å²) in [5.41, 5.74) is 0.424. The van der Waals surface area contributed by atoms with Gasteiger partial charge in [0.05, 0.1) is 17.6 Å². The lowest BCUT2D eigenvalue weighted by molar-refractivity contribution is -0.192. The summed E-state index contributed by atoms with van der Waals surface area (Å²) in [6, 6.07) is 10.3. The summed E-state index contributed by atoms with van der Waals surface area (Å²) in [6.45, 7) is 1.31. The highest BCUT2D eigenvalue weighted by Crippen LogP contribution is 2.50. The van der Waals surface area contributed by atoms with Gasteiger partial charge in [0.15, 0.2) is 0 Å². The predicted molar refractivity (Wildman–Crippen MR) is 96.1 cm³/mol. The normalized spacial score (nSPS) is 30.7. The zero-order chi connectivity index (χ0) is 17.5. The van der Waals surface area contributed by atoms with Crippen LogP contribution in [-0.4, -0.2) is 46.3 Å². The quantitative estimate of drug-likeness (QED) is 0.868. The molecule has 2 aliphatic carbocycles. The Balaban J connectivity index is 1.54. The van der Waals surface area contributed by atoms with Crippen LogP contribution in [-0.2, 0) is 10.2 Å². The van der Waals surface area contributed by atoms with Crippen LogP contribution in [0.5, 0.6) is 0 Å². The number of aliphatic hydroxyl groups excluding tert-OH is 2. The maximum Gasteiger partial charge on any atom is 0.233 e. The summed E-state index contributed by atoms with van der Waals surface area (Å²) in [5, 5.41) is 20.3. The summed E-state index contributed by atoms with van der Waals surface area (Å²) >= 11 is 0. The first kappa shape index (κ1) is 17.0. The average molecular weight is 343 g/mol. The van der Waals surface area contributed by atoms with Gasteiger partial charge in [-0.15, -0.1) is 0 Å². The van der Waals surface area contributed by atoms with Gasteiger partial charge in [0.2, 0.25) is 5.91 Å². The molecule has 1 amide bonds. The fourth-order valence-electron chi connectivity index (χ4n) is 5.38. The average Bonchev–Trinajstić information content (AvgIpc) is 2.69. The molecule has 1 heterocycles. The summed E-state index contributed by atoms with van der Waals surface area (Å²) < 4.78 is 0. The van der Waals surface area contributed by atoms with Crippen molar-refractivity contribution in [2.24, 2.45) is 5.41 Å². The van der Waals surface area contributed by atoms with Crippen molar-refractivity contribution in [3.63, 3.8) is 0 Å². The van der Waals surface area contributed by atoms with Crippen molar-refractivity contribution in [3.8, 4) is 0 Å². The van der Waals surface area contributed by atoms with Crippen molar-refractivity contribution in [3.05, 3.63) is 35.9 Å². The van der Waals surface area contributed by atoms with Gasteiger partial charge in [-0.2, -0.15) is 0 Å². The fraction of sp³-hybridized carbons (Fsp3) is 0.667. The number of benzene rings is 1. The van der Waals surface area contributed by atoms with Crippen LogP contribution in [0.25, 0.3) is 0 Å². The Morgan fingerprint density at radius 1 is 0.920 bits per heavy atom. The number of amides is 1. The number of likely N-dealkylation sites (tertiary alicyclic amines) is 1. The Bertz CT molecular complexity index is 605. The minimum Gasteiger partial charge on any atom is -0.392 e. The largest absolute Gasteiger partial charge is 0.392 e. The van der Waals surface area contributed by atoms with Gasteiger partial charge in [-0.1, -0.05) is 49.6 Å². The Labute approximate surface area is 149 Å². The first-order valence-electron chi connectivity index (χ1n) is 9.80. The number of carbonyl (C=O) groups is 1. The number of carbonyl (C=O) groups excluding carboxylic acids is 1. The van der Waals surface area contributed by atoms with Crippen LogP contribution in [0.3, 0.4) is 0 Å². The molecule has 1 saturated heterocycles. The SMILES string of the molecule is O=C(N1CCC2(CC1)[C@H](O)C[C@@H]2O)C1(c2ccccc2)CCCCC1. The topological polar surface area (TPSA) is 60.8 Å². The standard InChI is InChI=1S/C21H29NO3/c23-17-15-18(24)21(17)11-13-22(14-12-21)19(25)20(9-5-2-6-10-20)16-7-3-1-4-8-16/h1,3-4,7-8,17-18,23-24H,2,5-6,9-15H2/t17-,18+. The van der Waals surface area contributed by atoms with Gasteiger partial charge < -0.3 is 15.1 Å². The molecule has 1 aromatic rings. The lowest BCUT2D eigenvalue weighted by Crippen LogP contribution is -2.63. The highest BCUT2D eigenvalue weighted by molar-refractivity contribution is 5.88. The number of nitrogens with zero attached hydrogens (tertiary/aromatic N) is 1. The summed E-state index contributed by atoms with van der Waals surface area (Å²) in [7, 11) is 0. The van der Waals surface area contributed by atoms with Crippen molar-refractivity contribution in [2.75, 3.05) is 13.1 Å². The molecule has 3 fully saturated rings. The second kappa shape index (κ2) is 6.40. The van der Waals surface area contributed by atoms with E-state index in [4.69, 9.17) is 0 Å². The van der Waals surface area contributed by atoms with Crippen LogP contribution < -0.4 is 0 Å². The molecule has 25 heavy (non-hydrogen) atoms. The van der Waals surface area contributed by atoms with Crippen molar-refractivity contribution >= 4 is 5.91 Å². The molecule has 0 radical (unpaired) electrons. The van der Waals surface area contributed by atoms with E-state index in [0.717, 1.165) is 31.2 Å². The van der Waals surface area contributed by atoms with Gasteiger partial charge >= 0.3 is 0 Å². The van der Waals surface area contributed by atoms with Gasteiger partial charge in [-0.3, -0.25) is 4.79 Å². The Morgan fingerprint density at radius 2 is 1.52 bits per heavy atom. The van der Waals surface area contributed by atoms with Crippen LogP contribution in [0.1, 0.15) is 56.9 Å². The second-order valence-electron chi connectivity index (χ2n) is 8.30. The van der Waals surface area contributed by atoms with E-state index >= 15 is 0 Å². The van der Waals surface area contributed by atoms with Crippen LogP contribution in [0, 0.1) is 5.41 Å². The molecule has 1 aromatic carbocycles. The minimum atomic E-state index is -0.405. The summed E-state index contributed by atoms with van der Waals surface area (Å²) in [5.74, 6) is 0.261.